The number of primary amides is 1. The number of amides is 1. The van der Waals surface area contributed by atoms with Gasteiger partial charge < -0.3 is 5.73 Å². The topological polar surface area (TPSA) is 43.1 Å². The first-order valence-corrected chi connectivity index (χ1v) is 5.50. The summed E-state index contributed by atoms with van der Waals surface area (Å²) in [6.45, 7) is 0. The minimum Gasteiger partial charge on any atom is -0.366 e. The van der Waals surface area contributed by atoms with Crippen molar-refractivity contribution in [3.8, 4) is 0 Å². The van der Waals surface area contributed by atoms with Crippen LogP contribution in [0.3, 0.4) is 0 Å². The Morgan fingerprint density at radius 3 is 2.67 bits per heavy atom. The third-order valence-corrected chi connectivity index (χ3v) is 2.99. The number of alkyl halides is 1. The van der Waals surface area contributed by atoms with Crippen molar-refractivity contribution in [1.29, 1.82) is 0 Å². The molecule has 12 heavy (non-hydrogen) atoms. The molecule has 0 saturated carbocycles. The Labute approximate surface area is 92.8 Å². The lowest BCUT2D eigenvalue weighted by molar-refractivity contribution is 0.0999. The molecule has 0 unspecified atom stereocenters. The molecule has 0 fully saturated rings. The lowest BCUT2D eigenvalue weighted by Crippen LogP contribution is -2.15. The lowest BCUT2D eigenvalue weighted by atomic mass is 10.1. The minimum absolute atomic E-state index is 0.366. The van der Waals surface area contributed by atoms with Crippen LogP contribution in [0.15, 0.2) is 18.2 Å². The van der Waals surface area contributed by atoms with E-state index in [1.165, 1.54) is 0 Å². The normalized spacial score (nSPS) is 9.83. The molecule has 0 aromatic heterocycles. The van der Waals surface area contributed by atoms with E-state index in [4.69, 9.17) is 5.73 Å². The number of halogens is 2. The zero-order valence-electron chi connectivity index (χ0n) is 6.18. The first kappa shape index (κ1) is 9.98. The van der Waals surface area contributed by atoms with Crippen LogP contribution in [0.2, 0.25) is 0 Å². The van der Waals surface area contributed by atoms with Crippen molar-refractivity contribution in [1.82, 2.24) is 0 Å². The van der Waals surface area contributed by atoms with Crippen LogP contribution in [0.4, 0.5) is 0 Å². The van der Waals surface area contributed by atoms with E-state index in [1.807, 2.05) is 18.2 Å². The van der Waals surface area contributed by atoms with Crippen molar-refractivity contribution in [3.05, 3.63) is 32.9 Å². The van der Waals surface area contributed by atoms with Crippen LogP contribution in [-0.2, 0) is 5.33 Å². The van der Waals surface area contributed by atoms with Crippen LogP contribution in [0.1, 0.15) is 15.9 Å². The summed E-state index contributed by atoms with van der Waals surface area (Å²) < 4.78 is 0.900. The van der Waals surface area contributed by atoms with Crippen LogP contribution < -0.4 is 5.73 Å². The first-order valence-electron chi connectivity index (χ1n) is 3.30. The summed E-state index contributed by atoms with van der Waals surface area (Å²) in [5, 5.41) is 0.655. The summed E-state index contributed by atoms with van der Waals surface area (Å²) in [6.07, 6.45) is 0. The quantitative estimate of drug-likeness (QED) is 0.652. The number of carbonyl (C=O) groups excluding carboxylic acids is 1. The van der Waals surface area contributed by atoms with E-state index in [2.05, 4.69) is 38.5 Å². The van der Waals surface area contributed by atoms with Crippen molar-refractivity contribution in [3.63, 3.8) is 0 Å². The third-order valence-electron chi connectivity index (χ3n) is 1.49. The van der Waals surface area contributed by atoms with Gasteiger partial charge in [0.05, 0.1) is 5.56 Å². The van der Waals surface area contributed by atoms with E-state index in [0.717, 1.165) is 9.13 Å². The van der Waals surface area contributed by atoms with Gasteiger partial charge in [-0.2, -0.15) is 0 Å². The highest BCUT2D eigenvalue weighted by Crippen LogP contribution is 2.18. The van der Waals surface area contributed by atoms with E-state index in [9.17, 15) is 4.79 Å². The Morgan fingerprint density at radius 1 is 1.58 bits per heavy atom. The fraction of sp³-hybridized carbons (Fsp3) is 0.125. The maximum atomic E-state index is 11.0. The molecule has 0 aliphatic rings. The molecular weight excluding hydrogens is 333 g/mol. The Bertz CT molecular complexity index is 314. The van der Waals surface area contributed by atoms with Crippen LogP contribution >= 0.6 is 38.5 Å². The second-order valence-corrected chi connectivity index (χ2v) is 3.99. The number of nitrogens with two attached hydrogens (primary N) is 1. The summed E-state index contributed by atoms with van der Waals surface area (Å²) in [7, 11) is 0. The van der Waals surface area contributed by atoms with E-state index in [-0.39, 0.29) is 5.91 Å². The third kappa shape index (κ3) is 1.98. The molecule has 64 valence electrons. The largest absolute Gasteiger partial charge is 0.366 e. The monoisotopic (exact) mass is 339 g/mol. The van der Waals surface area contributed by atoms with Gasteiger partial charge in [-0.05, 0) is 34.2 Å². The molecule has 0 heterocycles. The molecule has 1 aromatic carbocycles. The number of benzene rings is 1. The molecule has 2 N–H and O–H groups in total. The second kappa shape index (κ2) is 4.23. The molecule has 0 aliphatic heterocycles. The van der Waals surface area contributed by atoms with Crippen molar-refractivity contribution >= 4 is 44.4 Å². The molecule has 0 spiro atoms. The zero-order chi connectivity index (χ0) is 9.14. The van der Waals surface area contributed by atoms with Crippen molar-refractivity contribution in [2.24, 2.45) is 5.73 Å². The molecule has 0 aliphatic carbocycles. The standard InChI is InChI=1S/C8H7BrINO/c9-4-5-2-1-3-6(10)7(5)8(11)12/h1-3H,4H2,(H2,11,12). The number of rotatable bonds is 2. The average molecular weight is 340 g/mol. The fourth-order valence-electron chi connectivity index (χ4n) is 0.956. The van der Waals surface area contributed by atoms with Gasteiger partial charge in [-0.1, -0.05) is 28.1 Å². The molecular formula is C8H7BrINO. The molecule has 1 aromatic rings. The Balaban J connectivity index is 3.29. The predicted molar refractivity (Wildman–Crippen MR) is 60.3 cm³/mol. The zero-order valence-corrected chi connectivity index (χ0v) is 9.92. The maximum absolute atomic E-state index is 11.0. The van der Waals surface area contributed by atoms with Gasteiger partial charge >= 0.3 is 0 Å². The van der Waals surface area contributed by atoms with Gasteiger partial charge in [-0.15, -0.1) is 0 Å². The van der Waals surface area contributed by atoms with Gasteiger partial charge in [-0.3, -0.25) is 4.79 Å². The Kier molecular flexibility index (Phi) is 3.52. The first-order chi connectivity index (χ1) is 5.66. The Hall–Kier alpha value is -0.100. The lowest BCUT2D eigenvalue weighted by Gasteiger charge is -2.04. The summed E-state index contributed by atoms with van der Waals surface area (Å²) >= 11 is 5.40. The maximum Gasteiger partial charge on any atom is 0.250 e. The molecule has 1 rings (SSSR count). The molecule has 0 radical (unpaired) electrons. The SMILES string of the molecule is NC(=O)c1c(I)cccc1CBr. The summed E-state index contributed by atoms with van der Waals surface area (Å²) in [6, 6.07) is 5.66. The summed E-state index contributed by atoms with van der Waals surface area (Å²) in [5.74, 6) is -0.366. The molecule has 0 atom stereocenters. The van der Waals surface area contributed by atoms with Crippen molar-refractivity contribution in [2.45, 2.75) is 5.33 Å². The van der Waals surface area contributed by atoms with Gasteiger partial charge in [-0.25, -0.2) is 0 Å². The van der Waals surface area contributed by atoms with Crippen LogP contribution in [-0.4, -0.2) is 5.91 Å². The van der Waals surface area contributed by atoms with E-state index in [1.54, 1.807) is 0 Å². The molecule has 2 nitrogen and oxygen atoms in total. The van der Waals surface area contributed by atoms with Gasteiger partial charge in [0.1, 0.15) is 0 Å². The van der Waals surface area contributed by atoms with Crippen LogP contribution in [0.25, 0.3) is 0 Å². The van der Waals surface area contributed by atoms with E-state index >= 15 is 0 Å². The van der Waals surface area contributed by atoms with Crippen LogP contribution in [0.5, 0.6) is 0 Å². The van der Waals surface area contributed by atoms with Gasteiger partial charge in [0.15, 0.2) is 0 Å². The van der Waals surface area contributed by atoms with E-state index in [0.29, 0.717) is 10.9 Å². The van der Waals surface area contributed by atoms with Gasteiger partial charge in [0, 0.05) is 8.90 Å². The Morgan fingerprint density at radius 2 is 2.25 bits per heavy atom. The van der Waals surface area contributed by atoms with E-state index < -0.39 is 0 Å². The summed E-state index contributed by atoms with van der Waals surface area (Å²) in [5.41, 5.74) is 6.79. The highest BCUT2D eigenvalue weighted by atomic mass is 127. The van der Waals surface area contributed by atoms with Crippen molar-refractivity contribution < 1.29 is 4.79 Å². The highest BCUT2D eigenvalue weighted by molar-refractivity contribution is 14.1. The van der Waals surface area contributed by atoms with Crippen molar-refractivity contribution in [2.75, 3.05) is 0 Å². The second-order valence-electron chi connectivity index (χ2n) is 2.27. The number of hydrogen-bond donors (Lipinski definition) is 1. The van der Waals surface area contributed by atoms with Gasteiger partial charge in [0.2, 0.25) is 5.91 Å². The number of hydrogen-bond acceptors (Lipinski definition) is 1. The molecule has 0 saturated heterocycles. The molecule has 1 amide bonds. The highest BCUT2D eigenvalue weighted by Gasteiger charge is 2.10. The minimum atomic E-state index is -0.366. The smallest absolute Gasteiger partial charge is 0.250 e. The molecule has 4 heteroatoms. The fourth-order valence-corrected chi connectivity index (χ4v) is 2.24. The predicted octanol–water partition coefficient (Wildman–Crippen LogP) is 2.29. The van der Waals surface area contributed by atoms with Crippen LogP contribution in [0, 0.1) is 3.57 Å². The molecule has 0 bridgehead atoms. The number of carbonyl (C=O) groups is 1. The van der Waals surface area contributed by atoms with Gasteiger partial charge in [0.25, 0.3) is 0 Å². The summed E-state index contributed by atoms with van der Waals surface area (Å²) in [4.78, 5) is 11.0. The average Bonchev–Trinajstić information content (AvgIpc) is 2.03.